The fraction of sp³-hybridized carbons (Fsp3) is 0.483. The molecule has 2 aromatic rings. The van der Waals surface area contributed by atoms with Gasteiger partial charge in [0, 0.05) is 58.4 Å². The van der Waals surface area contributed by atoms with Crippen LogP contribution in [0.15, 0.2) is 54.9 Å². The summed E-state index contributed by atoms with van der Waals surface area (Å²) >= 11 is 0. The standard InChI is InChI=1S/C29H39N5O2/c1-23(2)13-18-34-28(36)33(22-25-7-5-16-30-21-25)27(35)29(34)14-19-32(20-15-29)17-6-8-24-9-11-26(12-10-24)31(3)4/h5-12,16,21,23H,13-15,17-20,22H2,1-4H3/b8-6+. The van der Waals surface area contributed by atoms with Gasteiger partial charge >= 0.3 is 6.03 Å². The van der Waals surface area contributed by atoms with Crippen LogP contribution in [0.4, 0.5) is 10.5 Å². The number of amides is 3. The number of anilines is 1. The predicted octanol–water partition coefficient (Wildman–Crippen LogP) is 4.51. The molecule has 0 saturated carbocycles. The van der Waals surface area contributed by atoms with E-state index in [4.69, 9.17) is 0 Å². The van der Waals surface area contributed by atoms with Gasteiger partial charge in [0.2, 0.25) is 0 Å². The molecule has 4 rings (SSSR count). The Morgan fingerprint density at radius 1 is 1.08 bits per heavy atom. The molecule has 0 unspecified atom stereocenters. The van der Waals surface area contributed by atoms with Crippen LogP contribution < -0.4 is 4.90 Å². The molecule has 1 aromatic carbocycles. The number of hydrogen-bond acceptors (Lipinski definition) is 5. The van der Waals surface area contributed by atoms with Crippen molar-refractivity contribution in [1.29, 1.82) is 0 Å². The maximum Gasteiger partial charge on any atom is 0.327 e. The zero-order valence-corrected chi connectivity index (χ0v) is 22.1. The number of hydrogen-bond donors (Lipinski definition) is 0. The lowest BCUT2D eigenvalue weighted by Gasteiger charge is -2.42. The first-order chi connectivity index (χ1) is 17.3. The molecule has 3 amide bonds. The highest BCUT2D eigenvalue weighted by Gasteiger charge is 2.57. The van der Waals surface area contributed by atoms with Crippen LogP contribution in [0.5, 0.6) is 0 Å². The predicted molar refractivity (Wildman–Crippen MR) is 145 cm³/mol. The van der Waals surface area contributed by atoms with Crippen LogP contribution in [-0.4, -0.2) is 77.4 Å². The third kappa shape index (κ3) is 5.62. The average Bonchev–Trinajstić information content (AvgIpc) is 3.05. The number of urea groups is 1. The van der Waals surface area contributed by atoms with Crippen molar-refractivity contribution in [3.63, 3.8) is 0 Å². The molecule has 0 aliphatic carbocycles. The van der Waals surface area contributed by atoms with Gasteiger partial charge in [0.05, 0.1) is 6.54 Å². The lowest BCUT2D eigenvalue weighted by atomic mass is 9.85. The molecule has 0 N–H and O–H groups in total. The minimum Gasteiger partial charge on any atom is -0.378 e. The Bertz CT molecular complexity index is 1060. The van der Waals surface area contributed by atoms with E-state index in [0.29, 0.717) is 25.3 Å². The average molecular weight is 490 g/mol. The van der Waals surface area contributed by atoms with Crippen molar-refractivity contribution in [1.82, 2.24) is 19.7 Å². The maximum atomic E-state index is 13.7. The summed E-state index contributed by atoms with van der Waals surface area (Å²) in [6.07, 6.45) is 10.0. The molecule has 192 valence electrons. The second kappa shape index (κ2) is 11.2. The summed E-state index contributed by atoms with van der Waals surface area (Å²) in [6.45, 7) is 7.64. The van der Waals surface area contributed by atoms with Gasteiger partial charge in [0.1, 0.15) is 5.54 Å². The molecular weight excluding hydrogens is 450 g/mol. The van der Waals surface area contributed by atoms with Gasteiger partial charge in [-0.05, 0) is 54.5 Å². The summed E-state index contributed by atoms with van der Waals surface area (Å²) < 4.78 is 0. The highest BCUT2D eigenvalue weighted by atomic mass is 16.2. The SMILES string of the molecule is CC(C)CCN1C(=O)N(Cc2cccnc2)C(=O)C12CCN(C/C=C/c1ccc(N(C)C)cc1)CC2. The van der Waals surface area contributed by atoms with Gasteiger partial charge in [-0.25, -0.2) is 4.79 Å². The summed E-state index contributed by atoms with van der Waals surface area (Å²) in [5, 5.41) is 0. The molecule has 2 fully saturated rings. The number of pyridine rings is 1. The Labute approximate surface area is 215 Å². The molecule has 3 heterocycles. The van der Waals surface area contributed by atoms with Crippen molar-refractivity contribution in [3.05, 3.63) is 66.0 Å². The topological polar surface area (TPSA) is 60.0 Å². The largest absolute Gasteiger partial charge is 0.378 e. The minimum atomic E-state index is -0.726. The number of piperidine rings is 1. The van der Waals surface area contributed by atoms with Gasteiger partial charge in [-0.1, -0.05) is 44.2 Å². The first-order valence-electron chi connectivity index (χ1n) is 13.0. The van der Waals surface area contributed by atoms with E-state index >= 15 is 0 Å². The molecule has 7 heteroatoms. The van der Waals surface area contributed by atoms with Gasteiger partial charge in [0.15, 0.2) is 0 Å². The normalized spacial score (nSPS) is 18.2. The summed E-state index contributed by atoms with van der Waals surface area (Å²) in [6, 6.07) is 12.1. The number of carbonyl (C=O) groups excluding carboxylic acids is 2. The fourth-order valence-corrected chi connectivity index (χ4v) is 5.10. The summed E-state index contributed by atoms with van der Waals surface area (Å²) in [5.41, 5.74) is 2.51. The van der Waals surface area contributed by atoms with E-state index in [2.05, 4.69) is 65.0 Å². The number of benzene rings is 1. The molecule has 1 spiro atoms. The van der Waals surface area contributed by atoms with Gasteiger partial charge in [0.25, 0.3) is 5.91 Å². The number of rotatable bonds is 9. The van der Waals surface area contributed by atoms with Crippen LogP contribution in [-0.2, 0) is 11.3 Å². The zero-order chi connectivity index (χ0) is 25.7. The first kappa shape index (κ1) is 25.9. The minimum absolute atomic E-state index is 0.0451. The van der Waals surface area contributed by atoms with Crippen LogP contribution in [0.25, 0.3) is 6.08 Å². The van der Waals surface area contributed by atoms with E-state index in [0.717, 1.165) is 31.6 Å². The van der Waals surface area contributed by atoms with Crippen LogP contribution in [0, 0.1) is 5.92 Å². The lowest BCUT2D eigenvalue weighted by molar-refractivity contribution is -0.136. The monoisotopic (exact) mass is 489 g/mol. The van der Waals surface area contributed by atoms with Crippen molar-refractivity contribution in [2.45, 2.75) is 45.2 Å². The lowest BCUT2D eigenvalue weighted by Crippen LogP contribution is -2.56. The Morgan fingerprint density at radius 3 is 2.42 bits per heavy atom. The highest BCUT2D eigenvalue weighted by molar-refractivity contribution is 6.07. The summed E-state index contributed by atoms with van der Waals surface area (Å²) in [4.78, 5) is 39.2. The highest BCUT2D eigenvalue weighted by Crippen LogP contribution is 2.38. The van der Waals surface area contributed by atoms with Gasteiger partial charge in [-0.3, -0.25) is 19.6 Å². The van der Waals surface area contributed by atoms with Crippen molar-refractivity contribution in [2.24, 2.45) is 5.92 Å². The van der Waals surface area contributed by atoms with E-state index in [-0.39, 0.29) is 18.5 Å². The van der Waals surface area contributed by atoms with Gasteiger partial charge in [-0.2, -0.15) is 0 Å². The number of imide groups is 1. The number of likely N-dealkylation sites (tertiary alicyclic amines) is 1. The Morgan fingerprint density at radius 2 is 1.81 bits per heavy atom. The molecule has 0 bridgehead atoms. The Hall–Kier alpha value is -3.19. The molecular formula is C29H39N5O2. The maximum absolute atomic E-state index is 13.7. The van der Waals surface area contributed by atoms with Crippen LogP contribution in [0.2, 0.25) is 0 Å². The van der Waals surface area contributed by atoms with Crippen molar-refractivity contribution in [2.75, 3.05) is 45.2 Å². The van der Waals surface area contributed by atoms with Crippen molar-refractivity contribution in [3.8, 4) is 0 Å². The van der Waals surface area contributed by atoms with Gasteiger partial charge in [-0.15, -0.1) is 0 Å². The number of carbonyl (C=O) groups is 2. The smallest absolute Gasteiger partial charge is 0.327 e. The number of aromatic nitrogens is 1. The van der Waals surface area contributed by atoms with Crippen molar-refractivity contribution >= 4 is 23.7 Å². The summed E-state index contributed by atoms with van der Waals surface area (Å²) in [5.74, 6) is 0.422. The van der Waals surface area contributed by atoms with Gasteiger partial charge < -0.3 is 9.80 Å². The summed E-state index contributed by atoms with van der Waals surface area (Å²) in [7, 11) is 4.08. The molecule has 0 radical (unpaired) electrons. The van der Waals surface area contributed by atoms with E-state index in [1.807, 2.05) is 31.1 Å². The quantitative estimate of drug-likeness (QED) is 0.485. The molecule has 1 aromatic heterocycles. The first-order valence-corrected chi connectivity index (χ1v) is 13.0. The van der Waals surface area contributed by atoms with Crippen molar-refractivity contribution < 1.29 is 9.59 Å². The fourth-order valence-electron chi connectivity index (χ4n) is 5.10. The second-order valence-electron chi connectivity index (χ2n) is 10.6. The van der Waals surface area contributed by atoms with E-state index in [1.54, 1.807) is 12.4 Å². The Kier molecular flexibility index (Phi) is 8.09. The zero-order valence-electron chi connectivity index (χ0n) is 22.1. The van der Waals surface area contributed by atoms with Crippen LogP contribution >= 0.6 is 0 Å². The molecule has 0 atom stereocenters. The third-order valence-electron chi connectivity index (χ3n) is 7.38. The van der Waals surface area contributed by atoms with Crippen LogP contribution in [0.3, 0.4) is 0 Å². The molecule has 2 aliphatic rings. The molecule has 2 saturated heterocycles. The molecule has 7 nitrogen and oxygen atoms in total. The van der Waals surface area contributed by atoms with E-state index in [1.165, 1.54) is 16.2 Å². The van der Waals surface area contributed by atoms with Crippen LogP contribution in [0.1, 0.15) is 44.2 Å². The van der Waals surface area contributed by atoms with E-state index in [9.17, 15) is 9.59 Å². The third-order valence-corrected chi connectivity index (χ3v) is 7.38. The second-order valence-corrected chi connectivity index (χ2v) is 10.6. The Balaban J connectivity index is 1.42. The van der Waals surface area contributed by atoms with E-state index < -0.39 is 5.54 Å². The molecule has 36 heavy (non-hydrogen) atoms. The number of nitrogens with zero attached hydrogens (tertiary/aromatic N) is 5. The molecule has 2 aliphatic heterocycles.